The molecule has 1 heterocycles. The molecule has 0 atom stereocenters. The Balaban J connectivity index is 2.00. The van der Waals surface area contributed by atoms with Crippen LogP contribution < -0.4 is 10.1 Å². The van der Waals surface area contributed by atoms with Crippen molar-refractivity contribution in [1.29, 1.82) is 0 Å². The fourth-order valence-corrected chi connectivity index (χ4v) is 1.98. The Morgan fingerprint density at radius 1 is 1.48 bits per heavy atom. The number of halogens is 1. The van der Waals surface area contributed by atoms with Gasteiger partial charge in [0.15, 0.2) is 6.73 Å². The van der Waals surface area contributed by atoms with E-state index in [1.165, 1.54) is 22.9 Å². The van der Waals surface area contributed by atoms with Gasteiger partial charge in [-0.2, -0.15) is 5.10 Å². The lowest BCUT2D eigenvalue weighted by atomic mass is 10.3. The average Bonchev–Trinajstić information content (AvgIpc) is 2.94. The molecular formula is C14H15ClN4O4. The molecule has 8 nitrogen and oxygen atoms in total. The molecule has 23 heavy (non-hydrogen) atoms. The van der Waals surface area contributed by atoms with Crippen LogP contribution >= 0.6 is 11.6 Å². The van der Waals surface area contributed by atoms with Crippen LogP contribution in [0.1, 0.15) is 24.3 Å². The molecule has 0 unspecified atom stereocenters. The topological polar surface area (TPSA) is 99.3 Å². The van der Waals surface area contributed by atoms with E-state index in [0.29, 0.717) is 5.75 Å². The van der Waals surface area contributed by atoms with Crippen molar-refractivity contribution in [2.75, 3.05) is 0 Å². The largest absolute Gasteiger partial charge is 0.470 e. The second kappa shape index (κ2) is 7.10. The number of aromatic nitrogens is 2. The summed E-state index contributed by atoms with van der Waals surface area (Å²) < 4.78 is 6.87. The number of non-ortho nitro benzene ring substituents is 1. The molecule has 122 valence electrons. The first-order valence-electron chi connectivity index (χ1n) is 6.78. The Kier molecular flexibility index (Phi) is 5.17. The molecule has 2 aromatic rings. The van der Waals surface area contributed by atoms with E-state index in [9.17, 15) is 14.9 Å². The highest BCUT2D eigenvalue weighted by atomic mass is 35.5. The molecule has 0 radical (unpaired) electrons. The van der Waals surface area contributed by atoms with Crippen LogP contribution in [0.4, 0.5) is 5.69 Å². The summed E-state index contributed by atoms with van der Waals surface area (Å²) in [4.78, 5) is 21.9. The molecule has 1 amide bonds. The summed E-state index contributed by atoms with van der Waals surface area (Å²) in [5, 5.41) is 17.6. The zero-order valence-electron chi connectivity index (χ0n) is 12.5. The van der Waals surface area contributed by atoms with Gasteiger partial charge in [0.1, 0.15) is 11.4 Å². The number of nitrogens with one attached hydrogen (secondary N) is 1. The predicted molar refractivity (Wildman–Crippen MR) is 83.6 cm³/mol. The molecule has 0 saturated heterocycles. The normalized spacial score (nSPS) is 10.6. The van der Waals surface area contributed by atoms with Crippen molar-refractivity contribution in [2.24, 2.45) is 0 Å². The number of rotatable bonds is 6. The van der Waals surface area contributed by atoms with Crippen molar-refractivity contribution in [3.63, 3.8) is 0 Å². The summed E-state index contributed by atoms with van der Waals surface area (Å²) >= 11 is 5.93. The number of carbonyl (C=O) groups is 1. The summed E-state index contributed by atoms with van der Waals surface area (Å²) in [6.45, 7) is 3.73. The first-order chi connectivity index (χ1) is 10.9. The van der Waals surface area contributed by atoms with Crippen molar-refractivity contribution in [3.8, 4) is 5.75 Å². The average molecular weight is 339 g/mol. The van der Waals surface area contributed by atoms with Crippen molar-refractivity contribution >= 4 is 23.2 Å². The predicted octanol–water partition coefficient (Wildman–Crippen LogP) is 2.62. The Hall–Kier alpha value is -2.61. The minimum atomic E-state index is -0.539. The van der Waals surface area contributed by atoms with Gasteiger partial charge in [-0.05, 0) is 26.0 Å². The van der Waals surface area contributed by atoms with Gasteiger partial charge in [-0.15, -0.1) is 0 Å². The maximum atomic E-state index is 11.8. The molecule has 1 aromatic carbocycles. The van der Waals surface area contributed by atoms with Crippen LogP contribution in [-0.2, 0) is 6.73 Å². The Morgan fingerprint density at radius 3 is 2.83 bits per heavy atom. The maximum absolute atomic E-state index is 11.8. The molecule has 2 rings (SSSR count). The number of hydrogen-bond donors (Lipinski definition) is 1. The lowest BCUT2D eigenvalue weighted by Gasteiger charge is -2.08. The number of carbonyl (C=O) groups excluding carboxylic acids is 1. The highest BCUT2D eigenvalue weighted by Crippen LogP contribution is 2.28. The number of nitrogens with zero attached hydrogens (tertiary/aromatic N) is 3. The Labute approximate surface area is 137 Å². The quantitative estimate of drug-likeness (QED) is 0.644. The summed E-state index contributed by atoms with van der Waals surface area (Å²) in [5.74, 6) is 0.0214. The van der Waals surface area contributed by atoms with E-state index in [2.05, 4.69) is 10.4 Å². The Morgan fingerprint density at radius 2 is 2.22 bits per heavy atom. The van der Waals surface area contributed by atoms with Crippen LogP contribution in [0.2, 0.25) is 5.02 Å². The second-order valence-electron chi connectivity index (χ2n) is 5.01. The van der Waals surface area contributed by atoms with Crippen LogP contribution in [-0.4, -0.2) is 26.7 Å². The van der Waals surface area contributed by atoms with Gasteiger partial charge in [0.05, 0.1) is 9.95 Å². The van der Waals surface area contributed by atoms with E-state index in [1.54, 1.807) is 12.3 Å². The van der Waals surface area contributed by atoms with Crippen LogP contribution in [0.15, 0.2) is 30.5 Å². The van der Waals surface area contributed by atoms with E-state index in [-0.39, 0.29) is 35.1 Å². The highest BCUT2D eigenvalue weighted by Gasteiger charge is 2.12. The third-order valence-corrected chi connectivity index (χ3v) is 3.07. The van der Waals surface area contributed by atoms with Gasteiger partial charge in [-0.25, -0.2) is 4.68 Å². The molecule has 0 aliphatic heterocycles. The minimum Gasteiger partial charge on any atom is -0.470 e. The van der Waals surface area contributed by atoms with Gasteiger partial charge in [-0.1, -0.05) is 11.6 Å². The number of hydrogen-bond acceptors (Lipinski definition) is 5. The fourth-order valence-electron chi connectivity index (χ4n) is 1.75. The fraction of sp³-hybridized carbons (Fsp3) is 0.286. The van der Waals surface area contributed by atoms with E-state index >= 15 is 0 Å². The third kappa shape index (κ3) is 4.43. The van der Waals surface area contributed by atoms with E-state index < -0.39 is 4.92 Å². The van der Waals surface area contributed by atoms with Gasteiger partial charge < -0.3 is 10.1 Å². The van der Waals surface area contributed by atoms with Crippen LogP contribution in [0.3, 0.4) is 0 Å². The number of benzene rings is 1. The number of amides is 1. The highest BCUT2D eigenvalue weighted by molar-refractivity contribution is 6.32. The molecule has 0 aliphatic carbocycles. The van der Waals surface area contributed by atoms with Crippen molar-refractivity contribution in [3.05, 3.63) is 51.3 Å². The number of nitro groups is 1. The zero-order valence-corrected chi connectivity index (χ0v) is 13.3. The number of nitro benzene ring substituents is 1. The monoisotopic (exact) mass is 338 g/mol. The van der Waals surface area contributed by atoms with E-state index in [4.69, 9.17) is 16.3 Å². The third-order valence-electron chi connectivity index (χ3n) is 2.77. The zero-order chi connectivity index (χ0) is 17.0. The van der Waals surface area contributed by atoms with Crippen LogP contribution in [0, 0.1) is 10.1 Å². The molecule has 0 fully saturated rings. The van der Waals surface area contributed by atoms with Crippen molar-refractivity contribution in [1.82, 2.24) is 15.1 Å². The first kappa shape index (κ1) is 16.8. The second-order valence-corrected chi connectivity index (χ2v) is 5.42. The summed E-state index contributed by atoms with van der Waals surface area (Å²) in [5.41, 5.74) is 0.158. The smallest absolute Gasteiger partial charge is 0.271 e. The molecule has 1 aromatic heterocycles. The first-order valence-corrected chi connectivity index (χ1v) is 7.15. The molecular weight excluding hydrogens is 324 g/mol. The molecule has 0 aliphatic rings. The summed E-state index contributed by atoms with van der Waals surface area (Å²) in [6, 6.07) is 5.50. The van der Waals surface area contributed by atoms with Gasteiger partial charge in [0.2, 0.25) is 0 Å². The lowest BCUT2D eigenvalue weighted by molar-refractivity contribution is -0.384. The summed E-state index contributed by atoms with van der Waals surface area (Å²) in [7, 11) is 0. The van der Waals surface area contributed by atoms with Gasteiger partial charge in [0, 0.05) is 24.4 Å². The minimum absolute atomic E-state index is 0.0165. The lowest BCUT2D eigenvalue weighted by Crippen LogP contribution is -2.30. The van der Waals surface area contributed by atoms with Gasteiger partial charge in [0.25, 0.3) is 11.6 Å². The van der Waals surface area contributed by atoms with E-state index in [1.807, 2.05) is 13.8 Å². The van der Waals surface area contributed by atoms with Gasteiger partial charge in [-0.3, -0.25) is 14.9 Å². The van der Waals surface area contributed by atoms with Crippen molar-refractivity contribution < 1.29 is 14.5 Å². The Bertz CT molecular complexity index is 729. The molecule has 0 spiro atoms. The van der Waals surface area contributed by atoms with Crippen LogP contribution in [0.25, 0.3) is 0 Å². The molecule has 9 heteroatoms. The standard InChI is InChI=1S/C14H15ClN4O4/c1-9(2)16-14(20)12-5-6-18(17-12)8-23-13-4-3-10(19(21)22)7-11(13)15/h3-7,9H,8H2,1-2H3,(H,16,20). The van der Waals surface area contributed by atoms with E-state index in [0.717, 1.165) is 0 Å². The molecule has 0 bridgehead atoms. The molecule has 1 N–H and O–H groups in total. The van der Waals surface area contributed by atoms with Crippen LogP contribution in [0.5, 0.6) is 5.75 Å². The SMILES string of the molecule is CC(C)NC(=O)c1ccn(COc2ccc([N+](=O)[O-])cc2Cl)n1. The number of ether oxygens (including phenoxy) is 1. The maximum Gasteiger partial charge on any atom is 0.271 e. The molecule has 0 saturated carbocycles. The van der Waals surface area contributed by atoms with Crippen molar-refractivity contribution in [2.45, 2.75) is 26.6 Å². The summed E-state index contributed by atoms with van der Waals surface area (Å²) in [6.07, 6.45) is 1.59. The van der Waals surface area contributed by atoms with Gasteiger partial charge >= 0.3 is 0 Å².